The molecule has 0 radical (unpaired) electrons. The first-order valence-corrected chi connectivity index (χ1v) is 12.8. The smallest absolute Gasteiger partial charge is 0.331 e. The molecule has 2 aliphatic rings. The molecule has 8 nitrogen and oxygen atoms in total. The van der Waals surface area contributed by atoms with Crippen molar-refractivity contribution in [2.75, 3.05) is 11.4 Å². The summed E-state index contributed by atoms with van der Waals surface area (Å²) >= 11 is 0. The summed E-state index contributed by atoms with van der Waals surface area (Å²) in [5, 5.41) is 11.8. The molecule has 5 atom stereocenters. The van der Waals surface area contributed by atoms with Gasteiger partial charge in [0.05, 0.1) is 17.5 Å². The number of hydrogen-bond donors (Lipinski definition) is 0. The van der Waals surface area contributed by atoms with Gasteiger partial charge in [0.25, 0.3) is 5.69 Å². The van der Waals surface area contributed by atoms with E-state index in [4.69, 9.17) is 4.74 Å². The summed E-state index contributed by atoms with van der Waals surface area (Å²) < 4.78 is 6.12. The lowest BCUT2D eigenvalue weighted by Gasteiger charge is -2.37. The minimum Gasteiger partial charge on any atom is -0.460 e. The quantitative estimate of drug-likeness (QED) is 0.269. The van der Waals surface area contributed by atoms with Gasteiger partial charge in [0.1, 0.15) is 11.8 Å². The van der Waals surface area contributed by atoms with Gasteiger partial charge in [-0.05, 0) is 49.1 Å². The molecule has 192 valence electrons. The highest BCUT2D eigenvalue weighted by Gasteiger charge is 2.48. The number of anilines is 1. The molecule has 2 fully saturated rings. The van der Waals surface area contributed by atoms with Gasteiger partial charge in [-0.25, -0.2) is 9.59 Å². The van der Waals surface area contributed by atoms with Crippen LogP contribution in [0.4, 0.5) is 16.2 Å². The Labute approximate surface area is 212 Å². The van der Waals surface area contributed by atoms with Crippen molar-refractivity contribution in [2.45, 2.75) is 65.1 Å². The molecule has 1 aliphatic carbocycles. The summed E-state index contributed by atoms with van der Waals surface area (Å²) in [6.07, 6.45) is 2.64. The Hall–Kier alpha value is -3.42. The van der Waals surface area contributed by atoms with E-state index >= 15 is 0 Å². The number of rotatable bonds is 7. The van der Waals surface area contributed by atoms with E-state index in [9.17, 15) is 19.7 Å². The topological polar surface area (TPSA) is 93.0 Å². The van der Waals surface area contributed by atoms with E-state index in [0.29, 0.717) is 11.8 Å². The fourth-order valence-corrected chi connectivity index (χ4v) is 5.60. The second-order valence-electron chi connectivity index (χ2n) is 10.5. The zero-order valence-corrected chi connectivity index (χ0v) is 21.4. The standard InChI is InChI=1S/C28H35N3O5/c1-18(2)22-15-14-19(3)16-26(22)36-27(32)25-17-29(20(4)21-10-6-5-7-11-21)28(33)30(25)23-12-8-9-13-24(23)31(34)35/h5-13,18-20,22,25-26H,14-17H2,1-4H3/t19?,20-,22?,25-,26?/m1/s1. The summed E-state index contributed by atoms with van der Waals surface area (Å²) in [5.74, 6) is 0.556. The predicted octanol–water partition coefficient (Wildman–Crippen LogP) is 5.97. The third-order valence-corrected chi connectivity index (χ3v) is 7.72. The lowest BCUT2D eigenvalue weighted by Crippen LogP contribution is -2.45. The van der Waals surface area contributed by atoms with Crippen molar-refractivity contribution < 1.29 is 19.2 Å². The van der Waals surface area contributed by atoms with Crippen LogP contribution in [-0.4, -0.2) is 40.5 Å². The van der Waals surface area contributed by atoms with Gasteiger partial charge in [0.15, 0.2) is 6.04 Å². The number of benzene rings is 2. The minimum atomic E-state index is -0.977. The lowest BCUT2D eigenvalue weighted by molar-refractivity contribution is -0.384. The molecule has 2 aromatic carbocycles. The number of esters is 1. The lowest BCUT2D eigenvalue weighted by atomic mass is 9.75. The fraction of sp³-hybridized carbons (Fsp3) is 0.500. The maximum absolute atomic E-state index is 13.7. The molecule has 0 aromatic heterocycles. The van der Waals surface area contributed by atoms with Crippen LogP contribution >= 0.6 is 0 Å². The second-order valence-corrected chi connectivity index (χ2v) is 10.5. The van der Waals surface area contributed by atoms with Crippen LogP contribution in [0.2, 0.25) is 0 Å². The van der Waals surface area contributed by atoms with E-state index in [1.54, 1.807) is 17.0 Å². The Balaban J connectivity index is 1.68. The van der Waals surface area contributed by atoms with E-state index in [1.165, 1.54) is 17.0 Å². The number of carbonyl (C=O) groups is 2. The first kappa shape index (κ1) is 25.7. The maximum Gasteiger partial charge on any atom is 0.331 e. The highest BCUT2D eigenvalue weighted by Crippen LogP contribution is 2.39. The van der Waals surface area contributed by atoms with Crippen molar-refractivity contribution in [1.29, 1.82) is 0 Å². The van der Waals surface area contributed by atoms with Crippen molar-refractivity contribution in [3.8, 4) is 0 Å². The molecule has 0 bridgehead atoms. The predicted molar refractivity (Wildman–Crippen MR) is 138 cm³/mol. The molecule has 1 aliphatic heterocycles. The van der Waals surface area contributed by atoms with Gasteiger partial charge in [-0.3, -0.25) is 15.0 Å². The van der Waals surface area contributed by atoms with Crippen LogP contribution < -0.4 is 4.90 Å². The molecule has 4 rings (SSSR count). The third kappa shape index (κ3) is 5.08. The van der Waals surface area contributed by atoms with Crippen LogP contribution in [0, 0.1) is 27.9 Å². The monoisotopic (exact) mass is 493 g/mol. The van der Waals surface area contributed by atoms with Crippen LogP contribution in [0.1, 0.15) is 58.6 Å². The fourth-order valence-electron chi connectivity index (χ4n) is 5.60. The Morgan fingerprint density at radius 1 is 1.06 bits per heavy atom. The molecule has 36 heavy (non-hydrogen) atoms. The Bertz CT molecular complexity index is 1110. The number of carbonyl (C=O) groups excluding carboxylic acids is 2. The van der Waals surface area contributed by atoms with Crippen molar-refractivity contribution in [1.82, 2.24) is 4.90 Å². The van der Waals surface area contributed by atoms with Gasteiger partial charge in [-0.2, -0.15) is 0 Å². The zero-order valence-electron chi connectivity index (χ0n) is 21.4. The molecule has 3 unspecified atom stereocenters. The van der Waals surface area contributed by atoms with E-state index in [1.807, 2.05) is 37.3 Å². The molecule has 8 heteroatoms. The molecule has 1 saturated heterocycles. The van der Waals surface area contributed by atoms with Crippen LogP contribution in [0.5, 0.6) is 0 Å². The SMILES string of the molecule is CC1CCC(C(C)C)C(OC(=O)[C@H]2CN([C@H](C)c3ccccc3)C(=O)N2c2ccccc2[N+](=O)[O-])C1. The van der Waals surface area contributed by atoms with Crippen LogP contribution in [0.3, 0.4) is 0 Å². The van der Waals surface area contributed by atoms with E-state index < -0.39 is 23.0 Å². The normalized spacial score (nSPS) is 25.2. The average Bonchev–Trinajstić information content (AvgIpc) is 3.20. The van der Waals surface area contributed by atoms with Gasteiger partial charge in [-0.15, -0.1) is 0 Å². The molecule has 1 heterocycles. The number of ether oxygens (including phenoxy) is 1. The highest BCUT2D eigenvalue weighted by molar-refractivity contribution is 6.03. The van der Waals surface area contributed by atoms with Crippen molar-refractivity contribution >= 4 is 23.4 Å². The van der Waals surface area contributed by atoms with Crippen molar-refractivity contribution in [3.63, 3.8) is 0 Å². The highest BCUT2D eigenvalue weighted by atomic mass is 16.6. The third-order valence-electron chi connectivity index (χ3n) is 7.72. The summed E-state index contributed by atoms with van der Waals surface area (Å²) in [6.45, 7) is 8.44. The van der Waals surface area contributed by atoms with Gasteiger partial charge >= 0.3 is 12.0 Å². The van der Waals surface area contributed by atoms with Crippen molar-refractivity contribution in [3.05, 3.63) is 70.3 Å². The van der Waals surface area contributed by atoms with Crippen LogP contribution in [-0.2, 0) is 9.53 Å². The number of urea groups is 1. The van der Waals surface area contributed by atoms with E-state index in [0.717, 1.165) is 24.8 Å². The molecule has 0 spiro atoms. The Morgan fingerprint density at radius 3 is 2.39 bits per heavy atom. The van der Waals surface area contributed by atoms with Gasteiger partial charge in [0, 0.05) is 6.07 Å². The summed E-state index contributed by atoms with van der Waals surface area (Å²) in [7, 11) is 0. The number of para-hydroxylation sites is 2. The summed E-state index contributed by atoms with van der Waals surface area (Å²) in [6, 6.07) is 13.9. The van der Waals surface area contributed by atoms with Gasteiger partial charge < -0.3 is 9.64 Å². The average molecular weight is 494 g/mol. The number of hydrogen-bond acceptors (Lipinski definition) is 5. The molecular formula is C28H35N3O5. The molecule has 1 saturated carbocycles. The Kier molecular flexibility index (Phi) is 7.62. The first-order valence-electron chi connectivity index (χ1n) is 12.8. The number of nitro groups is 1. The second kappa shape index (κ2) is 10.7. The largest absolute Gasteiger partial charge is 0.460 e. The first-order chi connectivity index (χ1) is 17.2. The summed E-state index contributed by atoms with van der Waals surface area (Å²) in [5.41, 5.74) is 0.808. The minimum absolute atomic E-state index is 0.0917. The van der Waals surface area contributed by atoms with E-state index in [2.05, 4.69) is 20.8 Å². The van der Waals surface area contributed by atoms with Gasteiger partial charge in [-0.1, -0.05) is 69.7 Å². The van der Waals surface area contributed by atoms with E-state index in [-0.39, 0.29) is 36.0 Å². The number of amides is 2. The molecular weight excluding hydrogens is 458 g/mol. The maximum atomic E-state index is 13.7. The Morgan fingerprint density at radius 2 is 1.72 bits per heavy atom. The number of nitrogens with zero attached hydrogens (tertiary/aromatic N) is 3. The van der Waals surface area contributed by atoms with Crippen molar-refractivity contribution in [2.24, 2.45) is 17.8 Å². The molecule has 2 amide bonds. The van der Waals surface area contributed by atoms with Gasteiger partial charge in [0.2, 0.25) is 0 Å². The molecule has 2 aromatic rings. The van der Waals surface area contributed by atoms with Crippen LogP contribution in [0.25, 0.3) is 0 Å². The van der Waals surface area contributed by atoms with Crippen LogP contribution in [0.15, 0.2) is 54.6 Å². The summed E-state index contributed by atoms with van der Waals surface area (Å²) in [4.78, 5) is 41.6. The number of nitro benzene ring substituents is 1. The zero-order chi connectivity index (χ0) is 26.0. The molecule has 0 N–H and O–H groups in total.